The maximum absolute atomic E-state index is 11.5. The fourth-order valence-corrected chi connectivity index (χ4v) is 3.06. The molecule has 0 saturated heterocycles. The van der Waals surface area contributed by atoms with Crippen LogP contribution in [-0.2, 0) is 9.84 Å². The maximum atomic E-state index is 11.5. The molecule has 6 heteroatoms. The van der Waals surface area contributed by atoms with Gasteiger partial charge in [-0.05, 0) is 41.5 Å². The summed E-state index contributed by atoms with van der Waals surface area (Å²) in [4.78, 5) is 4.48. The minimum absolute atomic E-state index is 0.148. The average Bonchev–Trinajstić information content (AvgIpc) is 2.54. The molecule has 0 fully saturated rings. The SMILES string of the molecule is CS(=O)(=O)c1ccc(-c2cnc(N)c(-c3cccc(O)c3)c2)cc1. The Bertz CT molecular complexity index is 997. The van der Waals surface area contributed by atoms with Gasteiger partial charge in [0, 0.05) is 23.6 Å². The lowest BCUT2D eigenvalue weighted by atomic mass is 10.0. The Morgan fingerprint density at radius 1 is 0.958 bits per heavy atom. The summed E-state index contributed by atoms with van der Waals surface area (Å²) in [6.07, 6.45) is 2.81. The van der Waals surface area contributed by atoms with E-state index >= 15 is 0 Å². The lowest BCUT2D eigenvalue weighted by molar-refractivity contribution is 0.475. The fraction of sp³-hybridized carbons (Fsp3) is 0.0556. The van der Waals surface area contributed by atoms with Gasteiger partial charge in [0.2, 0.25) is 0 Å². The molecule has 0 spiro atoms. The number of phenolic OH excluding ortho intramolecular Hbond substituents is 1. The van der Waals surface area contributed by atoms with Gasteiger partial charge in [0.15, 0.2) is 9.84 Å². The van der Waals surface area contributed by atoms with Gasteiger partial charge in [0.25, 0.3) is 0 Å². The van der Waals surface area contributed by atoms with Crippen molar-refractivity contribution in [3.05, 3.63) is 60.8 Å². The van der Waals surface area contributed by atoms with Crippen molar-refractivity contribution in [1.29, 1.82) is 0 Å². The molecule has 3 aromatic rings. The van der Waals surface area contributed by atoms with Gasteiger partial charge in [-0.25, -0.2) is 13.4 Å². The maximum Gasteiger partial charge on any atom is 0.175 e. The van der Waals surface area contributed by atoms with Crippen LogP contribution >= 0.6 is 0 Å². The third kappa shape index (κ3) is 3.23. The van der Waals surface area contributed by atoms with Gasteiger partial charge in [0.05, 0.1) is 4.90 Å². The molecule has 3 rings (SSSR count). The number of nitrogen functional groups attached to an aromatic ring is 1. The molecule has 0 bridgehead atoms. The van der Waals surface area contributed by atoms with Crippen molar-refractivity contribution in [3.63, 3.8) is 0 Å². The van der Waals surface area contributed by atoms with Gasteiger partial charge in [-0.2, -0.15) is 0 Å². The largest absolute Gasteiger partial charge is 0.508 e. The molecule has 24 heavy (non-hydrogen) atoms. The Labute approximate surface area is 140 Å². The third-order valence-electron chi connectivity index (χ3n) is 3.69. The lowest BCUT2D eigenvalue weighted by Crippen LogP contribution is -1.97. The summed E-state index contributed by atoms with van der Waals surface area (Å²) in [6.45, 7) is 0. The highest BCUT2D eigenvalue weighted by Gasteiger charge is 2.10. The minimum atomic E-state index is -3.23. The first-order valence-electron chi connectivity index (χ1n) is 7.20. The van der Waals surface area contributed by atoms with E-state index in [1.54, 1.807) is 48.7 Å². The second kappa shape index (κ2) is 5.98. The molecule has 3 N–H and O–H groups in total. The van der Waals surface area contributed by atoms with Crippen LogP contribution in [0.2, 0.25) is 0 Å². The zero-order chi connectivity index (χ0) is 17.3. The molecule has 2 aromatic carbocycles. The molecule has 122 valence electrons. The van der Waals surface area contributed by atoms with Crippen molar-refractivity contribution in [1.82, 2.24) is 4.98 Å². The summed E-state index contributed by atoms with van der Waals surface area (Å²) < 4.78 is 23.1. The van der Waals surface area contributed by atoms with E-state index in [1.807, 2.05) is 12.1 Å². The first-order chi connectivity index (χ1) is 11.3. The summed E-state index contributed by atoms with van der Waals surface area (Å²) in [5, 5.41) is 9.64. The van der Waals surface area contributed by atoms with Crippen LogP contribution in [0.25, 0.3) is 22.3 Å². The van der Waals surface area contributed by atoms with Crippen molar-refractivity contribution < 1.29 is 13.5 Å². The lowest BCUT2D eigenvalue weighted by Gasteiger charge is -2.09. The standard InChI is InChI=1S/C18H16N2O3S/c1-24(22,23)16-7-5-12(6-8-16)14-10-17(18(19)20-11-14)13-3-2-4-15(21)9-13/h2-11,21H,1H3,(H2,19,20). The third-order valence-corrected chi connectivity index (χ3v) is 4.82. The predicted molar refractivity (Wildman–Crippen MR) is 94.3 cm³/mol. The van der Waals surface area contributed by atoms with Crippen LogP contribution in [0.1, 0.15) is 0 Å². The second-order valence-corrected chi connectivity index (χ2v) is 7.52. The number of aromatic hydroxyl groups is 1. The highest BCUT2D eigenvalue weighted by Crippen LogP contribution is 2.31. The molecule has 0 aliphatic carbocycles. The number of hydrogen-bond acceptors (Lipinski definition) is 5. The van der Waals surface area contributed by atoms with E-state index in [0.29, 0.717) is 11.4 Å². The van der Waals surface area contributed by atoms with Crippen molar-refractivity contribution in [2.45, 2.75) is 4.90 Å². The Kier molecular flexibility index (Phi) is 3.99. The van der Waals surface area contributed by atoms with Gasteiger partial charge in [-0.1, -0.05) is 24.3 Å². The van der Waals surface area contributed by atoms with Crippen molar-refractivity contribution in [3.8, 4) is 28.0 Å². The molecule has 0 radical (unpaired) electrons. The number of hydrogen-bond donors (Lipinski definition) is 2. The number of anilines is 1. The normalized spacial score (nSPS) is 11.4. The van der Waals surface area contributed by atoms with Crippen LogP contribution < -0.4 is 5.73 Å². The van der Waals surface area contributed by atoms with Gasteiger partial charge in [-0.15, -0.1) is 0 Å². The van der Waals surface area contributed by atoms with E-state index in [4.69, 9.17) is 5.73 Å². The molecule has 0 aliphatic heterocycles. The summed E-state index contributed by atoms with van der Waals surface area (Å²) >= 11 is 0. The van der Waals surface area contributed by atoms with Gasteiger partial charge in [0.1, 0.15) is 11.6 Å². The molecular formula is C18H16N2O3S. The number of aromatic nitrogens is 1. The smallest absolute Gasteiger partial charge is 0.175 e. The van der Waals surface area contributed by atoms with Gasteiger partial charge < -0.3 is 10.8 Å². The van der Waals surface area contributed by atoms with Crippen LogP contribution in [-0.4, -0.2) is 24.8 Å². The van der Waals surface area contributed by atoms with Crippen molar-refractivity contribution >= 4 is 15.7 Å². The first-order valence-corrected chi connectivity index (χ1v) is 9.09. The molecule has 0 atom stereocenters. The minimum Gasteiger partial charge on any atom is -0.508 e. The summed E-state index contributed by atoms with van der Waals surface area (Å²) in [7, 11) is -3.23. The Hall–Kier alpha value is -2.86. The number of benzene rings is 2. The van der Waals surface area contributed by atoms with E-state index in [1.165, 1.54) is 6.26 Å². The van der Waals surface area contributed by atoms with Gasteiger partial charge >= 0.3 is 0 Å². The summed E-state index contributed by atoms with van der Waals surface area (Å²) in [5.74, 6) is 0.506. The number of sulfone groups is 1. The average molecular weight is 340 g/mol. The number of nitrogens with zero attached hydrogens (tertiary/aromatic N) is 1. The van der Waals surface area contributed by atoms with E-state index in [0.717, 1.165) is 16.7 Å². The van der Waals surface area contributed by atoms with Crippen molar-refractivity contribution in [2.75, 3.05) is 12.0 Å². The van der Waals surface area contributed by atoms with E-state index in [-0.39, 0.29) is 10.6 Å². The summed E-state index contributed by atoms with van der Waals surface area (Å²) in [6, 6.07) is 15.2. The van der Waals surface area contributed by atoms with Crippen LogP contribution in [0.15, 0.2) is 65.7 Å². The van der Waals surface area contributed by atoms with Crippen LogP contribution in [0.3, 0.4) is 0 Å². The zero-order valence-corrected chi connectivity index (χ0v) is 13.8. The Morgan fingerprint density at radius 2 is 1.67 bits per heavy atom. The highest BCUT2D eigenvalue weighted by molar-refractivity contribution is 7.90. The van der Waals surface area contributed by atoms with Crippen LogP contribution in [0, 0.1) is 0 Å². The highest BCUT2D eigenvalue weighted by atomic mass is 32.2. The fourth-order valence-electron chi connectivity index (χ4n) is 2.43. The zero-order valence-electron chi connectivity index (χ0n) is 13.0. The Morgan fingerprint density at radius 3 is 2.29 bits per heavy atom. The Balaban J connectivity index is 2.06. The van der Waals surface area contributed by atoms with Crippen molar-refractivity contribution in [2.24, 2.45) is 0 Å². The monoisotopic (exact) mass is 340 g/mol. The first kappa shape index (κ1) is 16.0. The van der Waals surface area contributed by atoms with E-state index in [2.05, 4.69) is 4.98 Å². The number of phenols is 1. The number of rotatable bonds is 3. The molecule has 0 amide bonds. The molecular weight excluding hydrogens is 324 g/mol. The topological polar surface area (TPSA) is 93.3 Å². The molecule has 5 nitrogen and oxygen atoms in total. The molecule has 0 aliphatic rings. The second-order valence-electron chi connectivity index (χ2n) is 5.50. The molecule has 0 saturated carbocycles. The van der Waals surface area contributed by atoms with E-state index in [9.17, 15) is 13.5 Å². The van der Waals surface area contributed by atoms with E-state index < -0.39 is 9.84 Å². The number of nitrogens with two attached hydrogens (primary N) is 1. The van der Waals surface area contributed by atoms with Gasteiger partial charge in [-0.3, -0.25) is 0 Å². The number of pyridine rings is 1. The van der Waals surface area contributed by atoms with Crippen LogP contribution in [0.5, 0.6) is 5.75 Å². The molecule has 0 unspecified atom stereocenters. The predicted octanol–water partition coefficient (Wildman–Crippen LogP) is 3.11. The molecule has 1 heterocycles. The quantitative estimate of drug-likeness (QED) is 0.764. The molecule has 1 aromatic heterocycles. The summed E-state index contributed by atoms with van der Waals surface area (Å²) in [5.41, 5.74) is 9.06. The van der Waals surface area contributed by atoms with Crippen LogP contribution in [0.4, 0.5) is 5.82 Å².